The van der Waals surface area contributed by atoms with Crippen molar-refractivity contribution in [2.24, 2.45) is 10.9 Å². The molecule has 0 amide bonds. The third-order valence-electron chi connectivity index (χ3n) is 2.62. The van der Waals surface area contributed by atoms with E-state index in [9.17, 15) is 0 Å². The third-order valence-corrected chi connectivity index (χ3v) is 2.62. The first-order chi connectivity index (χ1) is 9.24. The number of likely N-dealkylation sites (N-methyl/N-ethyl adjacent to an activating group) is 1. The lowest BCUT2D eigenvalue weighted by Gasteiger charge is -2.19. The summed E-state index contributed by atoms with van der Waals surface area (Å²) in [5, 5.41) is 11.4. The van der Waals surface area contributed by atoms with Crippen molar-refractivity contribution in [2.75, 3.05) is 59.8 Å². The van der Waals surface area contributed by atoms with Crippen molar-refractivity contribution in [1.82, 2.24) is 4.90 Å². The number of rotatable bonds is 13. The lowest BCUT2D eigenvalue weighted by Crippen LogP contribution is -2.31. The van der Waals surface area contributed by atoms with Gasteiger partial charge in [-0.3, -0.25) is 0 Å². The fourth-order valence-corrected chi connectivity index (χ4v) is 1.41. The number of hydrogen-bond donors (Lipinski definition) is 2. The molecule has 7 heteroatoms. The molecule has 19 heavy (non-hydrogen) atoms. The van der Waals surface area contributed by atoms with Crippen molar-refractivity contribution in [1.29, 1.82) is 0 Å². The van der Waals surface area contributed by atoms with Gasteiger partial charge in [-0.2, -0.15) is 0 Å². The molecule has 0 saturated carbocycles. The van der Waals surface area contributed by atoms with Gasteiger partial charge in [-0.1, -0.05) is 12.1 Å². The summed E-state index contributed by atoms with van der Waals surface area (Å²) in [4.78, 5) is 2.18. The molecule has 0 aliphatic rings. The van der Waals surface area contributed by atoms with E-state index in [0.717, 1.165) is 19.6 Å². The van der Waals surface area contributed by atoms with E-state index in [2.05, 4.69) is 17.0 Å². The Hall–Kier alpha value is -0.890. The van der Waals surface area contributed by atoms with Crippen LogP contribution in [0.25, 0.3) is 0 Å². The molecule has 0 unspecified atom stereocenters. The molecule has 0 atom stereocenters. The summed E-state index contributed by atoms with van der Waals surface area (Å²) in [6.07, 6.45) is 0.560. The minimum Gasteiger partial charge on any atom is -0.409 e. The van der Waals surface area contributed by atoms with Crippen molar-refractivity contribution < 1.29 is 19.4 Å². The number of hydrogen-bond acceptors (Lipinski definition) is 6. The third kappa shape index (κ3) is 11.9. The van der Waals surface area contributed by atoms with Gasteiger partial charge in [-0.05, 0) is 6.54 Å². The molecule has 0 fully saturated rings. The molecule has 0 rings (SSSR count). The van der Waals surface area contributed by atoms with Gasteiger partial charge in [0.05, 0.1) is 33.0 Å². The lowest BCUT2D eigenvalue weighted by atomic mass is 10.3. The number of oxime groups is 1. The second-order valence-corrected chi connectivity index (χ2v) is 3.99. The Morgan fingerprint density at radius 1 is 1.11 bits per heavy atom. The Bertz CT molecular complexity index is 227. The fourth-order valence-electron chi connectivity index (χ4n) is 1.41. The van der Waals surface area contributed by atoms with E-state index in [1.54, 1.807) is 7.11 Å². The highest BCUT2D eigenvalue weighted by molar-refractivity contribution is 5.79. The summed E-state index contributed by atoms with van der Waals surface area (Å²) in [5.74, 6) is 0.255. The Morgan fingerprint density at radius 2 is 1.74 bits per heavy atom. The smallest absolute Gasteiger partial charge is 0.140 e. The summed E-state index contributed by atoms with van der Waals surface area (Å²) in [7, 11) is 1.65. The van der Waals surface area contributed by atoms with Gasteiger partial charge in [0.25, 0.3) is 0 Å². The Kier molecular flexibility index (Phi) is 12.9. The normalized spacial score (nSPS) is 12.3. The number of nitrogens with zero attached hydrogens (tertiary/aromatic N) is 2. The second kappa shape index (κ2) is 13.5. The first kappa shape index (κ1) is 18.1. The van der Waals surface area contributed by atoms with E-state index in [-0.39, 0.29) is 5.84 Å². The first-order valence-electron chi connectivity index (χ1n) is 6.57. The molecule has 0 saturated heterocycles. The van der Waals surface area contributed by atoms with Crippen molar-refractivity contribution in [3.05, 3.63) is 0 Å². The maximum Gasteiger partial charge on any atom is 0.140 e. The molecular weight excluding hydrogens is 250 g/mol. The van der Waals surface area contributed by atoms with Crippen LogP contribution in [0, 0.1) is 0 Å². The van der Waals surface area contributed by atoms with Gasteiger partial charge in [0.2, 0.25) is 0 Å². The van der Waals surface area contributed by atoms with Crippen molar-refractivity contribution >= 4 is 5.84 Å². The van der Waals surface area contributed by atoms with Crippen molar-refractivity contribution in [3.63, 3.8) is 0 Å². The molecule has 3 N–H and O–H groups in total. The van der Waals surface area contributed by atoms with Crippen LogP contribution in [0.15, 0.2) is 5.16 Å². The lowest BCUT2D eigenvalue weighted by molar-refractivity contribution is 0.0199. The maximum atomic E-state index is 8.45. The molecule has 0 spiro atoms. The van der Waals surface area contributed by atoms with Crippen LogP contribution in [-0.4, -0.2) is 75.7 Å². The van der Waals surface area contributed by atoms with Gasteiger partial charge < -0.3 is 30.1 Å². The zero-order chi connectivity index (χ0) is 14.3. The van der Waals surface area contributed by atoms with E-state index in [4.69, 9.17) is 25.2 Å². The maximum absolute atomic E-state index is 8.45. The van der Waals surface area contributed by atoms with E-state index < -0.39 is 0 Å². The topological polar surface area (TPSA) is 89.5 Å². The number of nitrogens with two attached hydrogens (primary N) is 1. The average Bonchev–Trinajstić information content (AvgIpc) is 2.44. The predicted molar refractivity (Wildman–Crippen MR) is 73.7 cm³/mol. The monoisotopic (exact) mass is 277 g/mol. The van der Waals surface area contributed by atoms with Gasteiger partial charge in [0.15, 0.2) is 0 Å². The molecule has 0 aromatic rings. The van der Waals surface area contributed by atoms with Crippen LogP contribution in [0.1, 0.15) is 13.3 Å². The SMILES string of the molecule is CCN(CCOCCOCCOC)CCC(N)=NO. The number of methoxy groups -OCH3 is 1. The fraction of sp³-hybridized carbons (Fsp3) is 0.917. The van der Waals surface area contributed by atoms with E-state index in [0.29, 0.717) is 39.5 Å². The quantitative estimate of drug-likeness (QED) is 0.163. The van der Waals surface area contributed by atoms with Crippen molar-refractivity contribution in [2.45, 2.75) is 13.3 Å². The average molecular weight is 277 g/mol. The van der Waals surface area contributed by atoms with Gasteiger partial charge in [0, 0.05) is 26.6 Å². The van der Waals surface area contributed by atoms with Crippen LogP contribution in [-0.2, 0) is 14.2 Å². The van der Waals surface area contributed by atoms with Crippen LogP contribution in [0.5, 0.6) is 0 Å². The number of amidine groups is 1. The van der Waals surface area contributed by atoms with Gasteiger partial charge in [-0.15, -0.1) is 0 Å². The molecule has 0 aliphatic heterocycles. The highest BCUT2D eigenvalue weighted by Crippen LogP contribution is 1.92. The van der Waals surface area contributed by atoms with Crippen LogP contribution in [0.3, 0.4) is 0 Å². The molecule has 0 heterocycles. The van der Waals surface area contributed by atoms with Crippen LogP contribution < -0.4 is 5.73 Å². The van der Waals surface area contributed by atoms with Gasteiger partial charge >= 0.3 is 0 Å². The van der Waals surface area contributed by atoms with E-state index in [1.807, 2.05) is 0 Å². The summed E-state index contributed by atoms with van der Waals surface area (Å²) in [6.45, 7) is 7.59. The van der Waals surface area contributed by atoms with Crippen molar-refractivity contribution in [3.8, 4) is 0 Å². The number of ether oxygens (including phenoxy) is 3. The molecule has 0 aromatic heterocycles. The molecule has 7 nitrogen and oxygen atoms in total. The second-order valence-electron chi connectivity index (χ2n) is 3.99. The van der Waals surface area contributed by atoms with E-state index >= 15 is 0 Å². The molecule has 0 radical (unpaired) electrons. The minimum atomic E-state index is 0.255. The van der Waals surface area contributed by atoms with Gasteiger partial charge in [-0.25, -0.2) is 0 Å². The highest BCUT2D eigenvalue weighted by Gasteiger charge is 2.03. The summed E-state index contributed by atoms with van der Waals surface area (Å²) >= 11 is 0. The first-order valence-corrected chi connectivity index (χ1v) is 6.57. The molecule has 114 valence electrons. The largest absolute Gasteiger partial charge is 0.409 e. The summed E-state index contributed by atoms with van der Waals surface area (Å²) in [5.41, 5.74) is 5.43. The van der Waals surface area contributed by atoms with E-state index in [1.165, 1.54) is 0 Å². The Balaban J connectivity index is 3.41. The molecular formula is C12H27N3O4. The summed E-state index contributed by atoms with van der Waals surface area (Å²) in [6, 6.07) is 0. The van der Waals surface area contributed by atoms with Crippen LogP contribution in [0.2, 0.25) is 0 Å². The van der Waals surface area contributed by atoms with Gasteiger partial charge in [0.1, 0.15) is 5.84 Å². The molecule has 0 aliphatic carbocycles. The zero-order valence-corrected chi connectivity index (χ0v) is 12.0. The zero-order valence-electron chi connectivity index (χ0n) is 12.0. The van der Waals surface area contributed by atoms with Crippen LogP contribution >= 0.6 is 0 Å². The Labute approximate surface area is 115 Å². The Morgan fingerprint density at radius 3 is 2.32 bits per heavy atom. The molecule has 0 bridgehead atoms. The highest BCUT2D eigenvalue weighted by atomic mass is 16.5. The standard InChI is InChI=1S/C12H27N3O4/c1-3-15(5-4-12(13)14-16)6-7-18-10-11-19-9-8-17-2/h16H,3-11H2,1-2H3,(H2,13,14). The summed E-state index contributed by atoms with van der Waals surface area (Å²) < 4.78 is 15.6. The molecule has 0 aromatic carbocycles. The van der Waals surface area contributed by atoms with Crippen LogP contribution in [0.4, 0.5) is 0 Å². The minimum absolute atomic E-state index is 0.255. The predicted octanol–water partition coefficient (Wildman–Crippen LogP) is 0.124.